The topological polar surface area (TPSA) is 76.7 Å². The molecule has 1 aromatic heterocycles. The number of rotatable bonds is 6. The van der Waals surface area contributed by atoms with E-state index in [9.17, 15) is 4.79 Å². The number of anilines is 1. The summed E-state index contributed by atoms with van der Waals surface area (Å²) in [5.41, 5.74) is 8.38. The first-order valence-electron chi connectivity index (χ1n) is 6.56. The van der Waals surface area contributed by atoms with Crippen LogP contribution in [-0.2, 0) is 16.1 Å². The van der Waals surface area contributed by atoms with Gasteiger partial charge in [0.1, 0.15) is 0 Å². The van der Waals surface area contributed by atoms with Crippen LogP contribution in [0.25, 0.3) is 0 Å². The number of amides is 1. The molecule has 0 aliphatic rings. The molecule has 1 aromatic carbocycles. The Morgan fingerprint density at radius 3 is 2.90 bits per heavy atom. The SMILES string of the molecule is CCc1ccccc1NC(=O)CO/N=C(/N)c1ccsc1. The van der Waals surface area contributed by atoms with Gasteiger partial charge < -0.3 is 15.9 Å². The van der Waals surface area contributed by atoms with E-state index in [1.807, 2.05) is 48.0 Å². The van der Waals surface area contributed by atoms with Gasteiger partial charge >= 0.3 is 0 Å². The van der Waals surface area contributed by atoms with E-state index in [-0.39, 0.29) is 18.3 Å². The van der Waals surface area contributed by atoms with Crippen LogP contribution >= 0.6 is 11.3 Å². The van der Waals surface area contributed by atoms with Crippen LogP contribution < -0.4 is 11.1 Å². The van der Waals surface area contributed by atoms with Crippen molar-refractivity contribution < 1.29 is 9.63 Å². The molecule has 0 bridgehead atoms. The molecule has 1 amide bonds. The van der Waals surface area contributed by atoms with Crippen LogP contribution in [-0.4, -0.2) is 18.3 Å². The maximum Gasteiger partial charge on any atom is 0.265 e. The summed E-state index contributed by atoms with van der Waals surface area (Å²) in [6, 6.07) is 9.49. The second-order valence-electron chi connectivity index (χ2n) is 4.32. The third-order valence-corrected chi connectivity index (χ3v) is 3.53. The van der Waals surface area contributed by atoms with Gasteiger partial charge in [-0.2, -0.15) is 11.3 Å². The molecule has 0 unspecified atom stereocenters. The molecule has 21 heavy (non-hydrogen) atoms. The fourth-order valence-corrected chi connectivity index (χ4v) is 2.41. The van der Waals surface area contributed by atoms with E-state index in [0.717, 1.165) is 23.2 Å². The second-order valence-corrected chi connectivity index (χ2v) is 5.10. The van der Waals surface area contributed by atoms with Gasteiger partial charge in [0.05, 0.1) is 0 Å². The van der Waals surface area contributed by atoms with E-state index in [0.29, 0.717) is 0 Å². The highest BCUT2D eigenvalue weighted by Crippen LogP contribution is 2.15. The Balaban J connectivity index is 1.86. The summed E-state index contributed by atoms with van der Waals surface area (Å²) in [5, 5.41) is 10.3. The number of para-hydroxylation sites is 1. The molecule has 3 N–H and O–H groups in total. The lowest BCUT2D eigenvalue weighted by Crippen LogP contribution is -2.19. The summed E-state index contributed by atoms with van der Waals surface area (Å²) in [7, 11) is 0. The van der Waals surface area contributed by atoms with Crippen molar-refractivity contribution in [2.45, 2.75) is 13.3 Å². The zero-order valence-corrected chi connectivity index (χ0v) is 12.5. The number of aryl methyl sites for hydroxylation is 1. The number of amidine groups is 1. The minimum Gasteiger partial charge on any atom is -0.384 e. The molecule has 0 aliphatic heterocycles. The molecule has 0 aliphatic carbocycles. The second kappa shape index (κ2) is 7.44. The number of carbonyl (C=O) groups excluding carboxylic acids is 1. The van der Waals surface area contributed by atoms with Gasteiger partial charge in [0.15, 0.2) is 12.4 Å². The summed E-state index contributed by atoms with van der Waals surface area (Å²) in [4.78, 5) is 16.8. The summed E-state index contributed by atoms with van der Waals surface area (Å²) in [6.45, 7) is 1.86. The Labute approximate surface area is 127 Å². The van der Waals surface area contributed by atoms with Gasteiger partial charge in [-0.05, 0) is 29.5 Å². The number of nitrogens with one attached hydrogen (secondary N) is 1. The highest BCUT2D eigenvalue weighted by Gasteiger charge is 2.06. The molecular formula is C15H17N3O2S. The summed E-state index contributed by atoms with van der Waals surface area (Å²) < 4.78 is 0. The molecule has 110 valence electrons. The number of hydrogen-bond donors (Lipinski definition) is 2. The van der Waals surface area contributed by atoms with E-state index in [4.69, 9.17) is 10.6 Å². The number of hydrogen-bond acceptors (Lipinski definition) is 4. The first-order valence-corrected chi connectivity index (χ1v) is 7.50. The number of nitrogens with zero attached hydrogens (tertiary/aromatic N) is 1. The van der Waals surface area contributed by atoms with Crippen LogP contribution in [0.2, 0.25) is 0 Å². The molecular weight excluding hydrogens is 286 g/mol. The van der Waals surface area contributed by atoms with Gasteiger partial charge in [0.25, 0.3) is 5.91 Å². The Bertz CT molecular complexity index is 624. The molecule has 0 radical (unpaired) electrons. The number of thiophene rings is 1. The van der Waals surface area contributed by atoms with Crippen molar-refractivity contribution in [2.24, 2.45) is 10.9 Å². The Hall–Kier alpha value is -2.34. The van der Waals surface area contributed by atoms with Crippen LogP contribution in [0.1, 0.15) is 18.1 Å². The monoisotopic (exact) mass is 303 g/mol. The quantitative estimate of drug-likeness (QED) is 0.489. The third-order valence-electron chi connectivity index (χ3n) is 2.85. The average Bonchev–Trinajstić information content (AvgIpc) is 3.02. The van der Waals surface area contributed by atoms with E-state index in [1.54, 1.807) is 0 Å². The van der Waals surface area contributed by atoms with Crippen molar-refractivity contribution in [1.82, 2.24) is 0 Å². The lowest BCUT2D eigenvalue weighted by Gasteiger charge is -2.08. The highest BCUT2D eigenvalue weighted by molar-refractivity contribution is 7.08. The van der Waals surface area contributed by atoms with Gasteiger partial charge in [0.2, 0.25) is 0 Å². The van der Waals surface area contributed by atoms with Crippen LogP contribution in [0.3, 0.4) is 0 Å². The molecule has 6 heteroatoms. The molecule has 2 rings (SSSR count). The number of benzene rings is 1. The number of oxime groups is 1. The Morgan fingerprint density at radius 1 is 1.38 bits per heavy atom. The number of carbonyl (C=O) groups is 1. The summed E-state index contributed by atoms with van der Waals surface area (Å²) in [6.07, 6.45) is 0.848. The minimum absolute atomic E-state index is 0.178. The fraction of sp³-hybridized carbons (Fsp3) is 0.200. The van der Waals surface area contributed by atoms with Crippen molar-refractivity contribution in [3.63, 3.8) is 0 Å². The van der Waals surface area contributed by atoms with Crippen molar-refractivity contribution in [2.75, 3.05) is 11.9 Å². The zero-order valence-electron chi connectivity index (χ0n) is 11.7. The molecule has 0 atom stereocenters. The molecule has 1 heterocycles. The van der Waals surface area contributed by atoms with Gasteiger partial charge in [0, 0.05) is 16.6 Å². The van der Waals surface area contributed by atoms with Crippen molar-refractivity contribution in [3.05, 3.63) is 52.2 Å². The predicted molar refractivity (Wildman–Crippen MR) is 85.4 cm³/mol. The maximum absolute atomic E-state index is 11.8. The van der Waals surface area contributed by atoms with E-state index in [2.05, 4.69) is 10.5 Å². The summed E-state index contributed by atoms with van der Waals surface area (Å²) >= 11 is 1.52. The fourth-order valence-electron chi connectivity index (χ4n) is 1.76. The first kappa shape index (κ1) is 15.1. The first-order chi connectivity index (χ1) is 10.2. The van der Waals surface area contributed by atoms with Crippen molar-refractivity contribution in [1.29, 1.82) is 0 Å². The predicted octanol–water partition coefficient (Wildman–Crippen LogP) is 2.59. The van der Waals surface area contributed by atoms with Gasteiger partial charge in [-0.25, -0.2) is 0 Å². The number of nitrogens with two attached hydrogens (primary N) is 1. The molecule has 0 saturated heterocycles. The van der Waals surface area contributed by atoms with Gasteiger partial charge in [-0.15, -0.1) is 0 Å². The average molecular weight is 303 g/mol. The zero-order chi connectivity index (χ0) is 15.1. The van der Waals surface area contributed by atoms with Crippen molar-refractivity contribution >= 4 is 28.8 Å². The van der Waals surface area contributed by atoms with E-state index >= 15 is 0 Å². The van der Waals surface area contributed by atoms with Crippen molar-refractivity contribution in [3.8, 4) is 0 Å². The van der Waals surface area contributed by atoms with Crippen LogP contribution in [0.4, 0.5) is 5.69 Å². The Morgan fingerprint density at radius 2 is 2.19 bits per heavy atom. The van der Waals surface area contributed by atoms with Crippen LogP contribution in [0.5, 0.6) is 0 Å². The minimum atomic E-state index is -0.266. The summed E-state index contributed by atoms with van der Waals surface area (Å²) in [5.74, 6) is -0.00391. The van der Waals surface area contributed by atoms with Gasteiger partial charge in [-0.1, -0.05) is 30.3 Å². The molecule has 0 fully saturated rings. The molecule has 2 aromatic rings. The van der Waals surface area contributed by atoms with Gasteiger partial charge in [-0.3, -0.25) is 4.79 Å². The Kier molecular flexibility index (Phi) is 5.34. The molecule has 5 nitrogen and oxygen atoms in total. The lowest BCUT2D eigenvalue weighted by atomic mass is 10.1. The molecule has 0 spiro atoms. The third kappa shape index (κ3) is 4.32. The van der Waals surface area contributed by atoms with Crippen LogP contribution in [0.15, 0.2) is 46.2 Å². The maximum atomic E-state index is 11.8. The lowest BCUT2D eigenvalue weighted by molar-refractivity contribution is -0.120. The normalized spacial score (nSPS) is 11.2. The van der Waals surface area contributed by atoms with E-state index < -0.39 is 0 Å². The highest BCUT2D eigenvalue weighted by atomic mass is 32.1. The van der Waals surface area contributed by atoms with E-state index in [1.165, 1.54) is 11.3 Å². The molecule has 0 saturated carbocycles. The largest absolute Gasteiger partial charge is 0.384 e. The van der Waals surface area contributed by atoms with Crippen LogP contribution in [0, 0.1) is 0 Å². The smallest absolute Gasteiger partial charge is 0.265 e. The standard InChI is InChI=1S/C15H17N3O2S/c1-2-11-5-3-4-6-13(11)17-14(19)9-20-18-15(16)12-7-8-21-10-12/h3-8,10H,2,9H2,1H3,(H2,16,18)(H,17,19).